The van der Waals surface area contributed by atoms with Gasteiger partial charge in [0.1, 0.15) is 5.75 Å². The maximum atomic E-state index is 13.3. The Hall–Kier alpha value is -3.46. The zero-order valence-electron chi connectivity index (χ0n) is 17.4. The molecule has 0 saturated heterocycles. The predicted octanol–water partition coefficient (Wildman–Crippen LogP) is 4.73. The van der Waals surface area contributed by atoms with E-state index < -0.39 is 26.6 Å². The number of rotatable bonds is 8. The highest BCUT2D eigenvalue weighted by molar-refractivity contribution is 7.92. The summed E-state index contributed by atoms with van der Waals surface area (Å²) < 4.78 is 59.0. The summed E-state index contributed by atoms with van der Waals surface area (Å²) in [5.41, 5.74) is 1.46. The van der Waals surface area contributed by atoms with Gasteiger partial charge >= 0.3 is 0 Å². The molecule has 0 spiro atoms. The number of amides is 1. The second kappa shape index (κ2) is 9.78. The molecule has 6 nitrogen and oxygen atoms in total. The van der Waals surface area contributed by atoms with Gasteiger partial charge in [-0.2, -0.15) is 0 Å². The Balaban J connectivity index is 1.62. The summed E-state index contributed by atoms with van der Waals surface area (Å²) in [7, 11) is -4.10. The van der Waals surface area contributed by atoms with Crippen LogP contribution < -0.4 is 14.8 Å². The minimum Gasteiger partial charge on any atom is -0.491 e. The Morgan fingerprint density at radius 3 is 2.28 bits per heavy atom. The number of anilines is 2. The van der Waals surface area contributed by atoms with Crippen molar-refractivity contribution >= 4 is 27.3 Å². The summed E-state index contributed by atoms with van der Waals surface area (Å²) in [6, 6.07) is 15.5. The van der Waals surface area contributed by atoms with Gasteiger partial charge in [-0.05, 0) is 74.0 Å². The molecule has 0 fully saturated rings. The Morgan fingerprint density at radius 2 is 1.62 bits per heavy atom. The van der Waals surface area contributed by atoms with Gasteiger partial charge in [0.25, 0.3) is 10.0 Å². The van der Waals surface area contributed by atoms with Gasteiger partial charge in [-0.3, -0.25) is 9.52 Å². The molecule has 0 aromatic heterocycles. The molecule has 3 aromatic carbocycles. The number of hydrogen-bond donors (Lipinski definition) is 2. The molecule has 0 atom stereocenters. The van der Waals surface area contributed by atoms with Gasteiger partial charge in [-0.15, -0.1) is 0 Å². The van der Waals surface area contributed by atoms with Crippen molar-refractivity contribution in [2.75, 3.05) is 10.0 Å². The Morgan fingerprint density at radius 1 is 0.938 bits per heavy atom. The lowest BCUT2D eigenvalue weighted by molar-refractivity contribution is -0.115. The van der Waals surface area contributed by atoms with Crippen LogP contribution in [0.4, 0.5) is 20.2 Å². The molecule has 0 saturated carbocycles. The number of hydrogen-bond acceptors (Lipinski definition) is 4. The quantitative estimate of drug-likeness (QED) is 0.509. The van der Waals surface area contributed by atoms with Crippen LogP contribution in [0, 0.1) is 11.6 Å². The SMILES string of the molecule is CC(C)Oc1cccc(CC(=O)Nc2ccc(NS(=O)(=O)c3ccc(F)c(F)c3)cc2)c1. The molecule has 0 radical (unpaired) electrons. The fourth-order valence-electron chi connectivity index (χ4n) is 2.87. The first-order valence-electron chi connectivity index (χ1n) is 9.76. The van der Waals surface area contributed by atoms with Gasteiger partial charge in [0.2, 0.25) is 5.91 Å². The first-order chi connectivity index (χ1) is 15.1. The third kappa shape index (κ3) is 6.27. The van der Waals surface area contributed by atoms with Gasteiger partial charge in [0.05, 0.1) is 17.4 Å². The van der Waals surface area contributed by atoms with Crippen molar-refractivity contribution in [1.29, 1.82) is 0 Å². The maximum absolute atomic E-state index is 13.3. The largest absolute Gasteiger partial charge is 0.491 e. The van der Waals surface area contributed by atoms with Crippen LogP contribution in [0.25, 0.3) is 0 Å². The number of halogens is 2. The van der Waals surface area contributed by atoms with E-state index in [-0.39, 0.29) is 24.1 Å². The van der Waals surface area contributed by atoms with Crippen molar-refractivity contribution < 1.29 is 26.7 Å². The third-order valence-electron chi connectivity index (χ3n) is 4.26. The average molecular weight is 461 g/mol. The lowest BCUT2D eigenvalue weighted by Crippen LogP contribution is -2.15. The molecule has 32 heavy (non-hydrogen) atoms. The van der Waals surface area contributed by atoms with Crippen LogP contribution in [0.3, 0.4) is 0 Å². The Labute approximate surface area is 185 Å². The molecule has 0 aliphatic carbocycles. The zero-order chi connectivity index (χ0) is 23.3. The highest BCUT2D eigenvalue weighted by Crippen LogP contribution is 2.21. The number of carbonyl (C=O) groups is 1. The summed E-state index contributed by atoms with van der Waals surface area (Å²) >= 11 is 0. The summed E-state index contributed by atoms with van der Waals surface area (Å²) in [6.45, 7) is 3.84. The van der Waals surface area contributed by atoms with E-state index in [1.54, 1.807) is 6.07 Å². The molecule has 1 amide bonds. The minimum atomic E-state index is -4.10. The topological polar surface area (TPSA) is 84.5 Å². The second-order valence-electron chi connectivity index (χ2n) is 7.30. The summed E-state index contributed by atoms with van der Waals surface area (Å²) in [5, 5.41) is 2.74. The summed E-state index contributed by atoms with van der Waals surface area (Å²) in [4.78, 5) is 11.9. The summed E-state index contributed by atoms with van der Waals surface area (Å²) in [6.07, 6.45) is 0.164. The molecule has 168 valence electrons. The number of benzene rings is 3. The van der Waals surface area contributed by atoms with Crippen LogP contribution in [-0.4, -0.2) is 20.4 Å². The van der Waals surface area contributed by atoms with Crippen LogP contribution >= 0.6 is 0 Å². The summed E-state index contributed by atoms with van der Waals surface area (Å²) in [5.74, 6) is -1.96. The van der Waals surface area contributed by atoms with E-state index in [0.717, 1.165) is 17.7 Å². The van der Waals surface area contributed by atoms with E-state index in [4.69, 9.17) is 4.74 Å². The molecular formula is C23H22F2N2O4S. The van der Waals surface area contributed by atoms with E-state index >= 15 is 0 Å². The van der Waals surface area contributed by atoms with Crippen LogP contribution in [-0.2, 0) is 21.2 Å². The highest BCUT2D eigenvalue weighted by atomic mass is 32.2. The van der Waals surface area contributed by atoms with Crippen LogP contribution in [0.15, 0.2) is 71.6 Å². The van der Waals surface area contributed by atoms with Crippen molar-refractivity contribution in [3.63, 3.8) is 0 Å². The number of sulfonamides is 1. The average Bonchev–Trinajstić information content (AvgIpc) is 2.71. The fourth-order valence-corrected chi connectivity index (χ4v) is 3.94. The molecule has 9 heteroatoms. The van der Waals surface area contributed by atoms with E-state index in [1.807, 2.05) is 32.0 Å². The Bertz CT molecular complexity index is 1210. The second-order valence-corrected chi connectivity index (χ2v) is 8.98. The van der Waals surface area contributed by atoms with Crippen LogP contribution in [0.1, 0.15) is 19.4 Å². The number of nitrogens with one attached hydrogen (secondary N) is 2. The van der Waals surface area contributed by atoms with E-state index in [0.29, 0.717) is 17.5 Å². The molecule has 0 unspecified atom stereocenters. The van der Waals surface area contributed by atoms with E-state index in [9.17, 15) is 22.0 Å². The molecule has 0 aliphatic rings. The van der Waals surface area contributed by atoms with Gasteiger partial charge < -0.3 is 10.1 Å². The van der Waals surface area contributed by atoms with E-state index in [1.165, 1.54) is 24.3 Å². The predicted molar refractivity (Wildman–Crippen MR) is 118 cm³/mol. The zero-order valence-corrected chi connectivity index (χ0v) is 18.2. The maximum Gasteiger partial charge on any atom is 0.261 e. The molecule has 3 aromatic rings. The normalized spacial score (nSPS) is 11.3. The first kappa shape index (κ1) is 23.2. The lowest BCUT2D eigenvalue weighted by Gasteiger charge is -2.11. The van der Waals surface area contributed by atoms with E-state index in [2.05, 4.69) is 10.0 Å². The number of carbonyl (C=O) groups excluding carboxylic acids is 1. The molecular weight excluding hydrogens is 438 g/mol. The molecule has 0 heterocycles. The molecule has 0 aliphatic heterocycles. The fraction of sp³-hybridized carbons (Fsp3) is 0.174. The van der Waals surface area contributed by atoms with Crippen molar-refractivity contribution in [2.24, 2.45) is 0 Å². The van der Waals surface area contributed by atoms with Gasteiger partial charge in [-0.25, -0.2) is 17.2 Å². The van der Waals surface area contributed by atoms with Crippen molar-refractivity contribution in [1.82, 2.24) is 0 Å². The van der Waals surface area contributed by atoms with Gasteiger partial charge in [0, 0.05) is 11.4 Å². The molecule has 3 rings (SSSR count). The Kier molecular flexibility index (Phi) is 7.09. The van der Waals surface area contributed by atoms with Crippen molar-refractivity contribution in [3.05, 3.63) is 83.9 Å². The smallest absolute Gasteiger partial charge is 0.261 e. The van der Waals surface area contributed by atoms with Crippen LogP contribution in [0.5, 0.6) is 5.75 Å². The van der Waals surface area contributed by atoms with Crippen LogP contribution in [0.2, 0.25) is 0 Å². The standard InChI is InChI=1S/C23H22F2N2O4S/c1-15(2)31-19-5-3-4-16(12-19)13-23(28)26-17-6-8-18(9-7-17)27-32(29,30)20-10-11-21(24)22(25)14-20/h3-12,14-15,27H,13H2,1-2H3,(H,26,28). The van der Waals surface area contributed by atoms with Crippen molar-refractivity contribution in [3.8, 4) is 5.75 Å². The lowest BCUT2D eigenvalue weighted by atomic mass is 10.1. The van der Waals surface area contributed by atoms with Gasteiger partial charge in [-0.1, -0.05) is 12.1 Å². The molecule has 0 bridgehead atoms. The minimum absolute atomic E-state index is 0.0251. The van der Waals surface area contributed by atoms with Gasteiger partial charge in [0.15, 0.2) is 11.6 Å². The monoisotopic (exact) mass is 460 g/mol. The molecule has 2 N–H and O–H groups in total. The third-order valence-corrected chi connectivity index (χ3v) is 5.64. The first-order valence-corrected chi connectivity index (χ1v) is 11.2. The number of ether oxygens (including phenoxy) is 1. The van der Waals surface area contributed by atoms with Crippen molar-refractivity contribution in [2.45, 2.75) is 31.3 Å². The highest BCUT2D eigenvalue weighted by Gasteiger charge is 2.17.